The lowest BCUT2D eigenvalue weighted by Gasteiger charge is -2.18. The van der Waals surface area contributed by atoms with Crippen LogP contribution in [0.5, 0.6) is 0 Å². The van der Waals surface area contributed by atoms with Crippen molar-refractivity contribution >= 4 is 15.9 Å². The number of hydrogen-bond donors (Lipinski definition) is 2. The Hall–Kier alpha value is -2.16. The van der Waals surface area contributed by atoms with Gasteiger partial charge in [-0.15, -0.1) is 0 Å². The molecule has 0 spiro atoms. The van der Waals surface area contributed by atoms with Crippen molar-refractivity contribution in [3.8, 4) is 0 Å². The average Bonchev–Trinajstić information content (AvgIpc) is 3.17. The van der Waals surface area contributed by atoms with Crippen LogP contribution < -0.4 is 10.0 Å². The van der Waals surface area contributed by atoms with Gasteiger partial charge in [-0.25, -0.2) is 13.1 Å². The molecule has 1 heterocycles. The zero-order valence-electron chi connectivity index (χ0n) is 16.0. The number of rotatable bonds is 10. The topological polar surface area (TPSA) is 91.7 Å². The van der Waals surface area contributed by atoms with Crippen LogP contribution in [0.3, 0.4) is 0 Å². The molecule has 148 valence electrons. The summed E-state index contributed by atoms with van der Waals surface area (Å²) in [5.74, 6) is 0.239. The van der Waals surface area contributed by atoms with Crippen molar-refractivity contribution in [3.63, 3.8) is 0 Å². The number of nitrogens with zero attached hydrogens (tertiary/aromatic N) is 1. The molecule has 2 rings (SSSR count). The Bertz CT molecular complexity index is 844. The van der Waals surface area contributed by atoms with E-state index in [9.17, 15) is 13.2 Å². The SMILES string of the molecule is CCN(CC)CCNC(=O)c1cc(S(=O)(=O)NCc2ccco2)ccc1C. The fourth-order valence-corrected chi connectivity index (χ4v) is 3.66. The molecular formula is C19H27N3O4S. The first kappa shape index (κ1) is 21.1. The third-order valence-electron chi connectivity index (χ3n) is 4.39. The number of likely N-dealkylation sites (N-methyl/N-ethyl adjacent to an activating group) is 1. The summed E-state index contributed by atoms with van der Waals surface area (Å²) in [6.45, 7) is 9.06. The molecule has 8 heteroatoms. The minimum atomic E-state index is -3.75. The summed E-state index contributed by atoms with van der Waals surface area (Å²) in [5, 5.41) is 2.86. The molecule has 0 saturated carbocycles. The smallest absolute Gasteiger partial charge is 0.251 e. The van der Waals surface area contributed by atoms with Crippen LogP contribution in [0.4, 0.5) is 0 Å². The molecule has 0 bridgehead atoms. The summed E-state index contributed by atoms with van der Waals surface area (Å²) in [6, 6.07) is 7.92. The molecule has 0 aliphatic rings. The van der Waals surface area contributed by atoms with Gasteiger partial charge in [0.15, 0.2) is 0 Å². The summed E-state index contributed by atoms with van der Waals surface area (Å²) in [7, 11) is -3.75. The van der Waals surface area contributed by atoms with E-state index in [1.165, 1.54) is 18.4 Å². The van der Waals surface area contributed by atoms with Crippen molar-refractivity contribution in [1.29, 1.82) is 0 Å². The van der Waals surface area contributed by atoms with Crippen LogP contribution >= 0.6 is 0 Å². The Balaban J connectivity index is 2.06. The van der Waals surface area contributed by atoms with E-state index in [0.717, 1.165) is 25.2 Å². The number of aryl methyl sites for hydroxylation is 1. The highest BCUT2D eigenvalue weighted by Crippen LogP contribution is 2.16. The first-order valence-corrected chi connectivity index (χ1v) is 10.5. The molecule has 0 aliphatic heterocycles. The second-order valence-electron chi connectivity index (χ2n) is 6.16. The van der Waals surface area contributed by atoms with Crippen LogP contribution in [0.2, 0.25) is 0 Å². The minimum Gasteiger partial charge on any atom is -0.468 e. The average molecular weight is 394 g/mol. The maximum absolute atomic E-state index is 12.5. The Morgan fingerprint density at radius 2 is 1.93 bits per heavy atom. The van der Waals surface area contributed by atoms with E-state index >= 15 is 0 Å². The first-order valence-electron chi connectivity index (χ1n) is 9.00. The number of amides is 1. The summed E-state index contributed by atoms with van der Waals surface area (Å²) in [5.41, 5.74) is 1.08. The van der Waals surface area contributed by atoms with Gasteiger partial charge in [0.25, 0.3) is 5.91 Å². The quantitative estimate of drug-likeness (QED) is 0.645. The fourth-order valence-electron chi connectivity index (χ4n) is 2.64. The van der Waals surface area contributed by atoms with Gasteiger partial charge in [0.05, 0.1) is 17.7 Å². The molecule has 1 aromatic carbocycles. The van der Waals surface area contributed by atoms with E-state index in [2.05, 4.69) is 28.8 Å². The molecule has 7 nitrogen and oxygen atoms in total. The normalized spacial score (nSPS) is 11.7. The van der Waals surface area contributed by atoms with E-state index in [1.807, 2.05) is 0 Å². The maximum Gasteiger partial charge on any atom is 0.251 e. The fraction of sp³-hybridized carbons (Fsp3) is 0.421. The van der Waals surface area contributed by atoms with Gasteiger partial charge >= 0.3 is 0 Å². The maximum atomic E-state index is 12.5. The van der Waals surface area contributed by atoms with Gasteiger partial charge in [-0.1, -0.05) is 19.9 Å². The summed E-state index contributed by atoms with van der Waals surface area (Å²) >= 11 is 0. The molecule has 2 aromatic rings. The summed E-state index contributed by atoms with van der Waals surface area (Å²) in [6.07, 6.45) is 1.48. The van der Waals surface area contributed by atoms with Crippen molar-refractivity contribution in [3.05, 3.63) is 53.5 Å². The van der Waals surface area contributed by atoms with Gasteiger partial charge in [0.2, 0.25) is 10.0 Å². The third kappa shape index (κ3) is 5.92. The first-order chi connectivity index (χ1) is 12.9. The predicted octanol–water partition coefficient (Wildman–Crippen LogP) is 2.14. The number of carbonyl (C=O) groups is 1. The van der Waals surface area contributed by atoms with E-state index in [4.69, 9.17) is 4.42 Å². The number of hydrogen-bond acceptors (Lipinski definition) is 5. The number of nitrogens with one attached hydrogen (secondary N) is 2. The van der Waals surface area contributed by atoms with E-state index in [0.29, 0.717) is 17.9 Å². The highest BCUT2D eigenvalue weighted by molar-refractivity contribution is 7.89. The molecule has 0 aliphatic carbocycles. The zero-order valence-corrected chi connectivity index (χ0v) is 16.8. The monoisotopic (exact) mass is 393 g/mol. The highest BCUT2D eigenvalue weighted by Gasteiger charge is 2.18. The van der Waals surface area contributed by atoms with E-state index in [1.54, 1.807) is 25.1 Å². The standard InChI is InChI=1S/C19H27N3O4S/c1-4-22(5-2)11-10-20-19(23)18-13-17(9-8-15(18)3)27(24,25)21-14-16-7-6-12-26-16/h6-9,12-13,21H,4-5,10-11,14H2,1-3H3,(H,20,23). The molecule has 1 amide bonds. The molecule has 0 atom stereocenters. The number of carbonyl (C=O) groups excluding carboxylic acids is 1. The summed E-state index contributed by atoms with van der Waals surface area (Å²) in [4.78, 5) is 14.7. The molecule has 0 fully saturated rings. The molecular weight excluding hydrogens is 366 g/mol. The van der Waals surface area contributed by atoms with E-state index < -0.39 is 10.0 Å². The summed E-state index contributed by atoms with van der Waals surface area (Å²) < 4.78 is 32.6. The van der Waals surface area contributed by atoms with Crippen molar-refractivity contribution in [2.75, 3.05) is 26.2 Å². The van der Waals surface area contributed by atoms with Crippen LogP contribution in [0, 0.1) is 6.92 Å². The Labute approximate surface area is 160 Å². The Morgan fingerprint density at radius 1 is 1.19 bits per heavy atom. The number of furan rings is 1. The molecule has 0 radical (unpaired) electrons. The lowest BCUT2D eigenvalue weighted by molar-refractivity contribution is 0.0948. The molecule has 0 unspecified atom stereocenters. The van der Waals surface area contributed by atoms with Gasteiger partial charge in [-0.05, 0) is 49.8 Å². The molecule has 2 N–H and O–H groups in total. The second kappa shape index (κ2) is 9.68. The van der Waals surface area contributed by atoms with Crippen molar-refractivity contribution in [1.82, 2.24) is 14.9 Å². The van der Waals surface area contributed by atoms with E-state index in [-0.39, 0.29) is 17.3 Å². The molecule has 0 saturated heterocycles. The van der Waals surface area contributed by atoms with Crippen LogP contribution in [-0.4, -0.2) is 45.4 Å². The van der Waals surface area contributed by atoms with Crippen molar-refractivity contribution < 1.29 is 17.6 Å². The molecule has 27 heavy (non-hydrogen) atoms. The van der Waals surface area contributed by atoms with Gasteiger partial charge in [0, 0.05) is 18.7 Å². The van der Waals surface area contributed by atoms with Crippen LogP contribution in [-0.2, 0) is 16.6 Å². The third-order valence-corrected chi connectivity index (χ3v) is 5.79. The Kier molecular flexibility index (Phi) is 7.58. The van der Waals surface area contributed by atoms with Gasteiger partial charge in [-0.3, -0.25) is 4.79 Å². The lowest BCUT2D eigenvalue weighted by Crippen LogP contribution is -2.35. The van der Waals surface area contributed by atoms with Gasteiger partial charge in [-0.2, -0.15) is 0 Å². The second-order valence-corrected chi connectivity index (χ2v) is 7.93. The van der Waals surface area contributed by atoms with Gasteiger partial charge in [0.1, 0.15) is 5.76 Å². The minimum absolute atomic E-state index is 0.0496. The van der Waals surface area contributed by atoms with Crippen LogP contribution in [0.1, 0.15) is 35.5 Å². The number of benzene rings is 1. The lowest BCUT2D eigenvalue weighted by atomic mass is 10.1. The zero-order chi connectivity index (χ0) is 19.9. The molecule has 1 aromatic heterocycles. The van der Waals surface area contributed by atoms with Gasteiger partial charge < -0.3 is 14.6 Å². The largest absolute Gasteiger partial charge is 0.468 e. The highest BCUT2D eigenvalue weighted by atomic mass is 32.2. The predicted molar refractivity (Wildman–Crippen MR) is 104 cm³/mol. The van der Waals surface area contributed by atoms with Crippen LogP contribution in [0.25, 0.3) is 0 Å². The number of sulfonamides is 1. The Morgan fingerprint density at radius 3 is 2.56 bits per heavy atom. The van der Waals surface area contributed by atoms with Crippen molar-refractivity contribution in [2.24, 2.45) is 0 Å². The van der Waals surface area contributed by atoms with Crippen molar-refractivity contribution in [2.45, 2.75) is 32.2 Å². The van der Waals surface area contributed by atoms with Crippen LogP contribution in [0.15, 0.2) is 45.9 Å².